The first kappa shape index (κ1) is 21.1. The summed E-state index contributed by atoms with van der Waals surface area (Å²) in [5.74, 6) is -0.595. The number of aliphatic imine (C=N–C) groups is 1. The van der Waals surface area contributed by atoms with Crippen molar-refractivity contribution < 1.29 is 10.2 Å². The van der Waals surface area contributed by atoms with E-state index in [4.69, 9.17) is 0 Å². The fourth-order valence-electron chi connectivity index (χ4n) is 5.57. The molecule has 1 aliphatic heterocycles. The van der Waals surface area contributed by atoms with Crippen LogP contribution in [0, 0.1) is 5.92 Å². The van der Waals surface area contributed by atoms with Gasteiger partial charge in [0.2, 0.25) is 0 Å². The van der Waals surface area contributed by atoms with Crippen LogP contribution in [0.2, 0.25) is 0 Å². The minimum absolute atomic E-state index is 0.289. The molecule has 2 aliphatic rings. The van der Waals surface area contributed by atoms with Crippen molar-refractivity contribution in [3.8, 4) is 0 Å². The Morgan fingerprint density at radius 1 is 0.765 bits per heavy atom. The van der Waals surface area contributed by atoms with Crippen LogP contribution >= 0.6 is 0 Å². The Morgan fingerprint density at radius 3 is 2.15 bits per heavy atom. The van der Waals surface area contributed by atoms with Crippen LogP contribution in [-0.4, -0.2) is 42.2 Å². The molecule has 4 aromatic rings. The van der Waals surface area contributed by atoms with Crippen LogP contribution in [0.3, 0.4) is 0 Å². The molecular formula is C30H28N2O2. The smallest absolute Gasteiger partial charge is 0.0725 e. The largest absolute Gasteiger partial charge is 0.392 e. The molecule has 1 saturated carbocycles. The average Bonchev–Trinajstić information content (AvgIpc) is 3.32. The minimum Gasteiger partial charge on any atom is -0.392 e. The van der Waals surface area contributed by atoms with E-state index in [9.17, 15) is 10.2 Å². The molecule has 0 aromatic heterocycles. The fraction of sp³-hybridized carbons (Fsp3) is 0.233. The second kappa shape index (κ2) is 8.08. The molecule has 0 spiro atoms. The lowest BCUT2D eigenvalue weighted by atomic mass is 9.62. The van der Waals surface area contributed by atoms with E-state index in [-0.39, 0.29) is 11.8 Å². The Morgan fingerprint density at radius 2 is 1.44 bits per heavy atom. The van der Waals surface area contributed by atoms with Crippen LogP contribution in [0.25, 0.3) is 21.5 Å². The van der Waals surface area contributed by atoms with Gasteiger partial charge in [0.1, 0.15) is 0 Å². The Bertz CT molecular complexity index is 1440. The number of hydrogen-bond acceptors (Lipinski definition) is 4. The normalized spacial score (nSPS) is 24.1. The van der Waals surface area contributed by atoms with E-state index in [1.807, 2.05) is 44.6 Å². The van der Waals surface area contributed by atoms with Gasteiger partial charge in [0, 0.05) is 44.2 Å². The van der Waals surface area contributed by atoms with Gasteiger partial charge in [-0.15, -0.1) is 0 Å². The molecule has 2 unspecified atom stereocenters. The summed E-state index contributed by atoms with van der Waals surface area (Å²) in [5, 5.41) is 27.0. The van der Waals surface area contributed by atoms with Gasteiger partial charge in [0.05, 0.1) is 17.9 Å². The quantitative estimate of drug-likeness (QED) is 0.418. The molecule has 1 aliphatic carbocycles. The van der Waals surface area contributed by atoms with E-state index in [2.05, 4.69) is 64.5 Å². The third kappa shape index (κ3) is 3.33. The molecule has 2 atom stereocenters. The van der Waals surface area contributed by atoms with Crippen LogP contribution in [0.5, 0.6) is 0 Å². The topological polar surface area (TPSA) is 56.1 Å². The second-order valence-corrected chi connectivity index (χ2v) is 9.70. The first-order chi connectivity index (χ1) is 16.5. The molecule has 4 heteroatoms. The average molecular weight is 449 g/mol. The molecule has 0 saturated heterocycles. The molecule has 0 bridgehead atoms. The lowest BCUT2D eigenvalue weighted by molar-refractivity contribution is -0.0989. The van der Waals surface area contributed by atoms with Crippen molar-refractivity contribution in [1.29, 1.82) is 0 Å². The lowest BCUT2D eigenvalue weighted by Gasteiger charge is -2.47. The fourth-order valence-corrected chi connectivity index (χ4v) is 5.57. The molecule has 170 valence electrons. The van der Waals surface area contributed by atoms with Gasteiger partial charge in [-0.05, 0) is 62.5 Å². The van der Waals surface area contributed by atoms with E-state index in [0.717, 1.165) is 38.9 Å². The Kier molecular flexibility index (Phi) is 5.01. The van der Waals surface area contributed by atoms with Crippen molar-refractivity contribution in [3.63, 3.8) is 0 Å². The highest BCUT2D eigenvalue weighted by molar-refractivity contribution is 6.04. The van der Waals surface area contributed by atoms with Crippen molar-refractivity contribution in [2.75, 3.05) is 19.0 Å². The van der Waals surface area contributed by atoms with Crippen molar-refractivity contribution in [2.45, 2.75) is 24.5 Å². The monoisotopic (exact) mass is 448 g/mol. The zero-order chi connectivity index (χ0) is 23.4. The van der Waals surface area contributed by atoms with E-state index < -0.39 is 12.2 Å². The van der Waals surface area contributed by atoms with Crippen molar-refractivity contribution >= 4 is 32.9 Å². The van der Waals surface area contributed by atoms with Gasteiger partial charge in [-0.3, -0.25) is 4.99 Å². The first-order valence-corrected chi connectivity index (χ1v) is 11.8. The predicted molar refractivity (Wildman–Crippen MR) is 140 cm³/mol. The third-order valence-corrected chi connectivity index (χ3v) is 7.51. The summed E-state index contributed by atoms with van der Waals surface area (Å²) in [7, 11) is 4.05. The molecule has 4 nitrogen and oxygen atoms in total. The third-order valence-electron chi connectivity index (χ3n) is 7.51. The summed E-state index contributed by atoms with van der Waals surface area (Å²) in [4.78, 5) is 6.71. The zero-order valence-electron chi connectivity index (χ0n) is 19.4. The lowest BCUT2D eigenvalue weighted by Crippen LogP contribution is -2.54. The van der Waals surface area contributed by atoms with E-state index in [0.29, 0.717) is 6.42 Å². The van der Waals surface area contributed by atoms with E-state index in [1.54, 1.807) is 0 Å². The molecule has 1 fully saturated rings. The standard InChI is InChI=1S/C30H28N2O2/c1-32(2)23-12-10-18(11-13-23)26-16-22(17-31-26)27-29(33)28(30(27)34)24-9-5-8-21-14-19-6-3-4-7-20(19)15-25(21)24/h3-15,17,27-30,33-34H,16H2,1-2H3. The summed E-state index contributed by atoms with van der Waals surface area (Å²) in [6.45, 7) is 0. The maximum absolute atomic E-state index is 11.2. The second-order valence-electron chi connectivity index (χ2n) is 9.70. The van der Waals surface area contributed by atoms with Gasteiger partial charge in [-0.2, -0.15) is 0 Å². The Balaban J connectivity index is 1.24. The van der Waals surface area contributed by atoms with E-state index in [1.165, 1.54) is 10.8 Å². The van der Waals surface area contributed by atoms with Crippen LogP contribution in [-0.2, 0) is 0 Å². The summed E-state index contributed by atoms with van der Waals surface area (Å²) in [5.41, 5.74) is 5.23. The van der Waals surface area contributed by atoms with Gasteiger partial charge < -0.3 is 15.1 Å². The molecule has 0 radical (unpaired) electrons. The van der Waals surface area contributed by atoms with Crippen molar-refractivity contribution in [3.05, 3.63) is 102 Å². The Hall–Kier alpha value is -3.47. The van der Waals surface area contributed by atoms with Gasteiger partial charge >= 0.3 is 0 Å². The highest BCUT2D eigenvalue weighted by Gasteiger charge is 2.52. The molecular weight excluding hydrogens is 420 g/mol. The number of aliphatic hydroxyl groups is 2. The number of anilines is 1. The van der Waals surface area contributed by atoms with Crippen LogP contribution < -0.4 is 4.90 Å². The maximum atomic E-state index is 11.2. The van der Waals surface area contributed by atoms with E-state index >= 15 is 0 Å². The number of benzene rings is 4. The highest BCUT2D eigenvalue weighted by atomic mass is 16.3. The SMILES string of the molecule is CN(C)c1ccc(C2=NC=C(C3C(O)C(c4cccc5cc6ccccc6cc45)C3O)C2)cc1. The van der Waals surface area contributed by atoms with Crippen LogP contribution in [0.15, 0.2) is 95.6 Å². The van der Waals surface area contributed by atoms with Crippen molar-refractivity contribution in [2.24, 2.45) is 10.9 Å². The zero-order valence-corrected chi connectivity index (χ0v) is 19.4. The van der Waals surface area contributed by atoms with Crippen molar-refractivity contribution in [1.82, 2.24) is 0 Å². The highest BCUT2D eigenvalue weighted by Crippen LogP contribution is 2.49. The molecule has 4 aromatic carbocycles. The molecule has 0 amide bonds. The van der Waals surface area contributed by atoms with Gasteiger partial charge in [-0.1, -0.05) is 54.6 Å². The number of nitrogens with zero attached hydrogens (tertiary/aromatic N) is 2. The number of rotatable bonds is 4. The molecule has 2 N–H and O–H groups in total. The summed E-state index contributed by atoms with van der Waals surface area (Å²) >= 11 is 0. The molecule has 34 heavy (non-hydrogen) atoms. The number of fused-ring (bicyclic) bond motifs is 2. The number of aliphatic hydroxyl groups excluding tert-OH is 2. The van der Waals surface area contributed by atoms with Gasteiger partial charge in [-0.25, -0.2) is 0 Å². The Labute approximate surface area is 199 Å². The minimum atomic E-state index is -0.635. The maximum Gasteiger partial charge on any atom is 0.0725 e. The van der Waals surface area contributed by atoms with Crippen LogP contribution in [0.1, 0.15) is 23.5 Å². The van der Waals surface area contributed by atoms with Gasteiger partial charge in [0.25, 0.3) is 0 Å². The van der Waals surface area contributed by atoms with Crippen LogP contribution in [0.4, 0.5) is 5.69 Å². The first-order valence-electron chi connectivity index (χ1n) is 11.8. The predicted octanol–water partition coefficient (Wildman–Crippen LogP) is 5.27. The summed E-state index contributed by atoms with van der Waals surface area (Å²) in [6, 6.07) is 27.2. The summed E-state index contributed by atoms with van der Waals surface area (Å²) in [6.07, 6.45) is 1.24. The molecule has 1 heterocycles. The van der Waals surface area contributed by atoms with Gasteiger partial charge in [0.15, 0.2) is 0 Å². The summed E-state index contributed by atoms with van der Waals surface area (Å²) < 4.78 is 0. The number of hydrogen-bond donors (Lipinski definition) is 2. The molecule has 6 rings (SSSR count).